The van der Waals surface area contributed by atoms with E-state index in [4.69, 9.17) is 0 Å². The molecule has 3 heteroatoms. The monoisotopic (exact) mass is 360 g/mol. The van der Waals surface area contributed by atoms with Crippen molar-refractivity contribution in [1.82, 2.24) is 0 Å². The van der Waals surface area contributed by atoms with Crippen molar-refractivity contribution in [2.75, 3.05) is 0 Å². The molecule has 2 rings (SSSR count). The Balaban J connectivity index is 0.00000200. The zero-order valence-electron chi connectivity index (χ0n) is 14.0. The molecule has 0 atom stereocenters. The quantitative estimate of drug-likeness (QED) is 0.598. The summed E-state index contributed by atoms with van der Waals surface area (Å²) < 4.78 is 3.59. The van der Waals surface area contributed by atoms with Crippen LogP contribution in [0.4, 0.5) is 0 Å². The molecule has 0 amide bonds. The second-order valence-electron chi connectivity index (χ2n) is 6.40. The van der Waals surface area contributed by atoms with Gasteiger partial charge < -0.3 is 24.8 Å². The Morgan fingerprint density at radius 2 is 1.10 bits per heavy atom. The van der Waals surface area contributed by atoms with Gasteiger partial charge in [0.05, 0.1) is 0 Å². The molecule has 0 aromatic carbocycles. The van der Waals surface area contributed by atoms with Crippen LogP contribution in [0.5, 0.6) is 0 Å². The second-order valence-corrected chi connectivity index (χ2v) is 8.68. The van der Waals surface area contributed by atoms with E-state index in [1.807, 2.05) is 0 Å². The third-order valence-corrected chi connectivity index (χ3v) is 6.60. The molecule has 0 heterocycles. The molecule has 0 radical (unpaired) electrons. The standard InChI is InChI=1S/2C9H13.2ClH.Ti/c2*1-7(2)9-6-4-5-8(9)3;;;/h2*5,7H,4H2,1-3H3;2*1H;/q;;;;+2/p-2. The van der Waals surface area contributed by atoms with Gasteiger partial charge in [-0.2, -0.15) is 0 Å². The molecule has 0 fully saturated rings. The van der Waals surface area contributed by atoms with Crippen LogP contribution < -0.4 is 24.8 Å². The van der Waals surface area contributed by atoms with E-state index in [2.05, 4.69) is 53.7 Å². The Bertz CT molecular complexity index is 459. The van der Waals surface area contributed by atoms with Crippen molar-refractivity contribution in [2.24, 2.45) is 11.8 Å². The fraction of sp³-hybridized carbons (Fsp3) is 0.556. The van der Waals surface area contributed by atoms with Crippen molar-refractivity contribution in [2.45, 2.75) is 54.4 Å². The SMILES string of the molecule is CC1=CC[C]([Ti+2][C]2=C(C(C)C)C(C)=CC2)=C1C(C)C.[Cl-].[Cl-]. The molecule has 21 heavy (non-hydrogen) atoms. The first-order chi connectivity index (χ1) is 8.91. The van der Waals surface area contributed by atoms with Gasteiger partial charge in [-0.05, 0) is 0 Å². The summed E-state index contributed by atoms with van der Waals surface area (Å²) in [6, 6.07) is 0. The molecule has 0 bridgehead atoms. The van der Waals surface area contributed by atoms with E-state index >= 15 is 0 Å². The van der Waals surface area contributed by atoms with Gasteiger partial charge in [0, 0.05) is 0 Å². The Kier molecular flexibility index (Phi) is 8.88. The minimum atomic E-state index is -0.0826. The van der Waals surface area contributed by atoms with E-state index in [0.717, 1.165) is 0 Å². The van der Waals surface area contributed by atoms with Crippen LogP contribution in [-0.2, 0) is 19.2 Å². The van der Waals surface area contributed by atoms with Gasteiger partial charge in [0.2, 0.25) is 0 Å². The molecule has 0 aromatic heterocycles. The van der Waals surface area contributed by atoms with Gasteiger partial charge >= 0.3 is 128 Å². The number of allylic oxidation sites excluding steroid dienone is 8. The zero-order valence-corrected chi connectivity index (χ0v) is 17.1. The van der Waals surface area contributed by atoms with Crippen molar-refractivity contribution in [3.8, 4) is 0 Å². The fourth-order valence-electron chi connectivity index (χ4n) is 3.45. The maximum atomic E-state index is 2.44. The van der Waals surface area contributed by atoms with Crippen LogP contribution in [-0.4, -0.2) is 0 Å². The number of hydrogen-bond acceptors (Lipinski definition) is 0. The first-order valence-corrected chi connectivity index (χ1v) is 9.05. The van der Waals surface area contributed by atoms with Crippen LogP contribution in [0.25, 0.3) is 0 Å². The van der Waals surface area contributed by atoms with Gasteiger partial charge in [-0.1, -0.05) is 0 Å². The molecule has 2 aliphatic rings. The molecule has 0 nitrogen and oxygen atoms in total. The summed E-state index contributed by atoms with van der Waals surface area (Å²) in [5.41, 5.74) is 6.45. The normalized spacial score (nSPS) is 17.7. The molecular formula is C18H26Cl2Ti. The molecule has 0 aromatic rings. The first kappa shape index (κ1) is 21.3. The predicted molar refractivity (Wildman–Crippen MR) is 80.5 cm³/mol. The van der Waals surface area contributed by atoms with Crippen molar-refractivity contribution < 1.29 is 44.0 Å². The largest absolute Gasteiger partial charge is 1.00 e. The summed E-state index contributed by atoms with van der Waals surface area (Å²) in [6.07, 6.45) is 7.35. The maximum Gasteiger partial charge on any atom is -1.00 e. The molecule has 0 saturated carbocycles. The first-order valence-electron chi connectivity index (χ1n) is 7.49. The minimum absolute atomic E-state index is 0. The average Bonchev–Trinajstić information content (AvgIpc) is 2.83. The molecular weight excluding hydrogens is 335 g/mol. The van der Waals surface area contributed by atoms with E-state index in [1.54, 1.807) is 30.0 Å². The van der Waals surface area contributed by atoms with E-state index in [9.17, 15) is 0 Å². The van der Waals surface area contributed by atoms with Crippen LogP contribution in [0.15, 0.2) is 42.2 Å². The molecule has 2 aliphatic carbocycles. The molecule has 0 spiro atoms. The summed E-state index contributed by atoms with van der Waals surface area (Å²) >= 11 is -0.0826. The van der Waals surface area contributed by atoms with Gasteiger partial charge in [0.1, 0.15) is 0 Å². The summed E-state index contributed by atoms with van der Waals surface area (Å²) in [5, 5.41) is 0. The number of halogens is 2. The van der Waals surface area contributed by atoms with Crippen molar-refractivity contribution in [1.29, 1.82) is 0 Å². The summed E-state index contributed by atoms with van der Waals surface area (Å²) in [5.74, 6) is 1.38. The van der Waals surface area contributed by atoms with E-state index < -0.39 is 0 Å². The van der Waals surface area contributed by atoms with Crippen LogP contribution in [0, 0.1) is 11.8 Å². The van der Waals surface area contributed by atoms with Crippen LogP contribution >= 0.6 is 0 Å². The summed E-state index contributed by atoms with van der Waals surface area (Å²) in [7, 11) is 0. The van der Waals surface area contributed by atoms with E-state index in [-0.39, 0.29) is 44.0 Å². The van der Waals surface area contributed by atoms with Crippen molar-refractivity contribution >= 4 is 0 Å². The Morgan fingerprint density at radius 3 is 1.38 bits per heavy atom. The third-order valence-electron chi connectivity index (χ3n) is 4.18. The zero-order chi connectivity index (χ0) is 14.2. The van der Waals surface area contributed by atoms with Crippen molar-refractivity contribution in [3.63, 3.8) is 0 Å². The van der Waals surface area contributed by atoms with Gasteiger partial charge in [-0.3, -0.25) is 0 Å². The Hall–Kier alpha value is 0.254. The molecule has 0 saturated heterocycles. The molecule has 0 unspecified atom stereocenters. The predicted octanol–water partition coefficient (Wildman–Crippen LogP) is -0.403. The van der Waals surface area contributed by atoms with Crippen molar-refractivity contribution in [3.05, 3.63) is 42.2 Å². The van der Waals surface area contributed by atoms with Crippen LogP contribution in [0.3, 0.4) is 0 Å². The average molecular weight is 361 g/mol. The number of hydrogen-bond donors (Lipinski definition) is 0. The van der Waals surface area contributed by atoms with Crippen LogP contribution in [0.2, 0.25) is 0 Å². The minimum Gasteiger partial charge on any atom is -1.00 e. The number of rotatable bonds is 4. The van der Waals surface area contributed by atoms with E-state index in [1.165, 1.54) is 12.8 Å². The molecule has 0 N–H and O–H groups in total. The second kappa shape index (κ2) is 8.77. The fourth-order valence-corrected chi connectivity index (χ4v) is 6.60. The topological polar surface area (TPSA) is 0 Å². The Morgan fingerprint density at radius 1 is 0.762 bits per heavy atom. The van der Waals surface area contributed by atoms with Gasteiger partial charge in [-0.25, -0.2) is 0 Å². The Labute approximate surface area is 152 Å². The third kappa shape index (κ3) is 4.61. The van der Waals surface area contributed by atoms with Crippen LogP contribution in [0.1, 0.15) is 54.4 Å². The smallest absolute Gasteiger partial charge is 1.00 e. The molecule has 116 valence electrons. The van der Waals surface area contributed by atoms with Gasteiger partial charge in [0.15, 0.2) is 0 Å². The van der Waals surface area contributed by atoms with Gasteiger partial charge in [0.25, 0.3) is 0 Å². The molecule has 0 aliphatic heterocycles. The van der Waals surface area contributed by atoms with E-state index in [0.29, 0.717) is 11.8 Å². The maximum absolute atomic E-state index is 2.44. The summed E-state index contributed by atoms with van der Waals surface area (Å²) in [6.45, 7) is 14.0. The van der Waals surface area contributed by atoms with Gasteiger partial charge in [-0.15, -0.1) is 0 Å². The summed E-state index contributed by atoms with van der Waals surface area (Å²) in [4.78, 5) is 0.